The van der Waals surface area contributed by atoms with Gasteiger partial charge in [-0.2, -0.15) is 0 Å². The molecule has 1 heterocycles. The lowest BCUT2D eigenvalue weighted by atomic mass is 10.0. The Labute approximate surface area is 110 Å². The van der Waals surface area contributed by atoms with Gasteiger partial charge in [0.25, 0.3) is 0 Å². The summed E-state index contributed by atoms with van der Waals surface area (Å²) in [6.45, 7) is 2.40. The summed E-state index contributed by atoms with van der Waals surface area (Å²) in [5.41, 5.74) is 0.198. The van der Waals surface area contributed by atoms with E-state index in [9.17, 15) is 4.79 Å². The summed E-state index contributed by atoms with van der Waals surface area (Å²) in [6, 6.07) is 0. The molecular formula is C15H25NO2. The highest BCUT2D eigenvalue weighted by Crippen LogP contribution is 2.64. The molecule has 3 nitrogen and oxygen atoms in total. The molecule has 102 valence electrons. The fourth-order valence-corrected chi connectivity index (χ4v) is 4.68. The summed E-state index contributed by atoms with van der Waals surface area (Å²) < 4.78 is 4.96. The molecule has 3 heteroatoms. The van der Waals surface area contributed by atoms with Crippen molar-refractivity contribution in [3.05, 3.63) is 0 Å². The summed E-state index contributed by atoms with van der Waals surface area (Å²) in [4.78, 5) is 14.5. The van der Waals surface area contributed by atoms with E-state index in [1.807, 2.05) is 0 Å². The van der Waals surface area contributed by atoms with Crippen LogP contribution in [-0.2, 0) is 9.53 Å². The Morgan fingerprint density at radius 2 is 1.72 bits per heavy atom. The van der Waals surface area contributed by atoms with Crippen molar-refractivity contribution in [2.75, 3.05) is 20.2 Å². The van der Waals surface area contributed by atoms with E-state index in [0.29, 0.717) is 6.42 Å². The molecule has 3 fully saturated rings. The predicted octanol–water partition coefficient (Wildman–Crippen LogP) is 2.59. The topological polar surface area (TPSA) is 29.5 Å². The predicted molar refractivity (Wildman–Crippen MR) is 70.2 cm³/mol. The number of carbonyl (C=O) groups excluding carboxylic acids is 1. The molecule has 1 unspecified atom stereocenters. The lowest BCUT2D eigenvalue weighted by molar-refractivity contribution is -0.143. The summed E-state index contributed by atoms with van der Waals surface area (Å²) in [5.74, 6) is 1.56. The summed E-state index contributed by atoms with van der Waals surface area (Å²) >= 11 is 0. The van der Waals surface area contributed by atoms with Gasteiger partial charge in [0.2, 0.25) is 0 Å². The molecule has 1 aliphatic heterocycles. The quantitative estimate of drug-likeness (QED) is 0.722. The number of carbonyl (C=O) groups is 1. The molecule has 3 rings (SSSR count). The third-order valence-electron chi connectivity index (χ3n) is 5.54. The molecule has 0 N–H and O–H groups in total. The highest BCUT2D eigenvalue weighted by molar-refractivity contribution is 5.72. The monoisotopic (exact) mass is 251 g/mol. The smallest absolute Gasteiger partial charge is 0.307 e. The van der Waals surface area contributed by atoms with Crippen molar-refractivity contribution in [3.8, 4) is 0 Å². The second-order valence-electron chi connectivity index (χ2n) is 6.29. The van der Waals surface area contributed by atoms with Crippen molar-refractivity contribution in [1.29, 1.82) is 0 Å². The lowest BCUT2D eigenvalue weighted by Crippen LogP contribution is -2.45. The number of nitrogens with zero attached hydrogens (tertiary/aromatic N) is 1. The molecular weight excluding hydrogens is 226 g/mol. The first-order valence-corrected chi connectivity index (χ1v) is 7.61. The van der Waals surface area contributed by atoms with Crippen molar-refractivity contribution in [3.63, 3.8) is 0 Å². The molecule has 3 aliphatic rings. The van der Waals surface area contributed by atoms with Crippen LogP contribution in [0.15, 0.2) is 0 Å². The van der Waals surface area contributed by atoms with E-state index >= 15 is 0 Å². The number of hydrogen-bond donors (Lipinski definition) is 0. The third kappa shape index (κ3) is 1.87. The fraction of sp³-hybridized carbons (Fsp3) is 0.933. The van der Waals surface area contributed by atoms with Crippen molar-refractivity contribution >= 4 is 5.97 Å². The van der Waals surface area contributed by atoms with Crippen molar-refractivity contribution < 1.29 is 9.53 Å². The van der Waals surface area contributed by atoms with E-state index in [0.717, 1.165) is 11.8 Å². The van der Waals surface area contributed by atoms with Crippen LogP contribution in [-0.4, -0.2) is 36.6 Å². The van der Waals surface area contributed by atoms with E-state index in [1.165, 1.54) is 65.1 Å². The summed E-state index contributed by atoms with van der Waals surface area (Å²) in [5, 5.41) is 0. The number of esters is 1. The molecule has 1 saturated heterocycles. The van der Waals surface area contributed by atoms with Crippen molar-refractivity contribution in [2.24, 2.45) is 11.8 Å². The van der Waals surface area contributed by atoms with Crippen LogP contribution in [0.2, 0.25) is 0 Å². The fourth-order valence-electron chi connectivity index (χ4n) is 4.68. The van der Waals surface area contributed by atoms with E-state index in [2.05, 4.69) is 4.90 Å². The zero-order valence-corrected chi connectivity index (χ0v) is 11.5. The zero-order chi connectivity index (χ0) is 12.6. The average molecular weight is 251 g/mol. The lowest BCUT2D eigenvalue weighted by Gasteiger charge is -2.36. The molecule has 18 heavy (non-hydrogen) atoms. The van der Waals surface area contributed by atoms with Gasteiger partial charge in [0, 0.05) is 5.54 Å². The third-order valence-corrected chi connectivity index (χ3v) is 5.54. The van der Waals surface area contributed by atoms with Crippen LogP contribution in [0, 0.1) is 11.8 Å². The number of hydrogen-bond acceptors (Lipinski definition) is 3. The first-order valence-electron chi connectivity index (χ1n) is 7.61. The SMILES string of the molecule is COC(=O)CC1(N2CCCCC2)[C@@H]2CCCC[C@@H]21. The Kier molecular flexibility index (Phi) is 3.35. The van der Waals surface area contributed by atoms with Crippen molar-refractivity contribution in [1.82, 2.24) is 4.90 Å². The van der Waals surface area contributed by atoms with Crippen LogP contribution in [0.1, 0.15) is 51.4 Å². The van der Waals surface area contributed by atoms with Gasteiger partial charge in [0.05, 0.1) is 13.5 Å². The zero-order valence-electron chi connectivity index (χ0n) is 11.5. The van der Waals surface area contributed by atoms with Crippen LogP contribution in [0.4, 0.5) is 0 Å². The number of rotatable bonds is 3. The summed E-state index contributed by atoms with van der Waals surface area (Å²) in [7, 11) is 1.53. The molecule has 0 amide bonds. The highest BCUT2D eigenvalue weighted by Gasteiger charge is 2.67. The molecule has 0 aromatic rings. The Morgan fingerprint density at radius 1 is 1.11 bits per heavy atom. The van der Waals surface area contributed by atoms with Gasteiger partial charge in [0.1, 0.15) is 0 Å². The molecule has 0 bridgehead atoms. The Hall–Kier alpha value is -0.570. The van der Waals surface area contributed by atoms with E-state index < -0.39 is 0 Å². The van der Waals surface area contributed by atoms with E-state index in [-0.39, 0.29) is 11.5 Å². The van der Waals surface area contributed by atoms with Gasteiger partial charge in [-0.15, -0.1) is 0 Å². The highest BCUT2D eigenvalue weighted by atomic mass is 16.5. The van der Waals surface area contributed by atoms with Gasteiger partial charge in [-0.05, 0) is 50.6 Å². The molecule has 0 radical (unpaired) electrons. The molecule has 2 saturated carbocycles. The minimum atomic E-state index is -0.00465. The van der Waals surface area contributed by atoms with Crippen molar-refractivity contribution in [2.45, 2.75) is 56.9 Å². The van der Waals surface area contributed by atoms with Crippen LogP contribution >= 0.6 is 0 Å². The minimum absolute atomic E-state index is 0.00465. The maximum atomic E-state index is 11.8. The first kappa shape index (κ1) is 12.5. The molecule has 2 aliphatic carbocycles. The number of ether oxygens (including phenoxy) is 1. The first-order chi connectivity index (χ1) is 8.79. The van der Waals surface area contributed by atoms with Gasteiger partial charge in [0.15, 0.2) is 0 Å². The van der Waals surface area contributed by atoms with Crippen LogP contribution < -0.4 is 0 Å². The second-order valence-corrected chi connectivity index (χ2v) is 6.29. The molecule has 0 spiro atoms. The summed E-state index contributed by atoms with van der Waals surface area (Å²) in [6.07, 6.45) is 10.00. The second kappa shape index (κ2) is 4.84. The number of piperidine rings is 1. The molecule has 0 aromatic heterocycles. The van der Waals surface area contributed by atoms with Gasteiger partial charge < -0.3 is 4.74 Å². The molecule has 3 atom stereocenters. The Balaban J connectivity index is 1.77. The van der Waals surface area contributed by atoms with Crippen LogP contribution in [0.3, 0.4) is 0 Å². The van der Waals surface area contributed by atoms with Gasteiger partial charge in [-0.1, -0.05) is 19.3 Å². The average Bonchev–Trinajstić information content (AvgIpc) is 3.09. The number of fused-ring (bicyclic) bond motifs is 1. The maximum absolute atomic E-state index is 11.8. The van der Waals surface area contributed by atoms with Crippen LogP contribution in [0.5, 0.6) is 0 Å². The van der Waals surface area contributed by atoms with Gasteiger partial charge in [-0.3, -0.25) is 9.69 Å². The number of methoxy groups -OCH3 is 1. The minimum Gasteiger partial charge on any atom is -0.469 e. The normalized spacial score (nSPS) is 40.1. The van der Waals surface area contributed by atoms with Gasteiger partial charge >= 0.3 is 5.97 Å². The van der Waals surface area contributed by atoms with E-state index in [1.54, 1.807) is 0 Å². The van der Waals surface area contributed by atoms with Crippen LogP contribution in [0.25, 0.3) is 0 Å². The largest absolute Gasteiger partial charge is 0.469 e. The molecule has 0 aromatic carbocycles. The Morgan fingerprint density at radius 3 is 2.28 bits per heavy atom. The standard InChI is InChI=1S/C15H25NO2/c1-18-14(17)11-15(16-9-5-2-6-10-16)12-7-3-4-8-13(12)15/h12-13H,2-11H2,1H3/t12-,13+,15?. The van der Waals surface area contributed by atoms with E-state index in [4.69, 9.17) is 4.74 Å². The van der Waals surface area contributed by atoms with Gasteiger partial charge in [-0.25, -0.2) is 0 Å². The maximum Gasteiger partial charge on any atom is 0.307 e. The Bertz CT molecular complexity index is 310. The number of likely N-dealkylation sites (tertiary alicyclic amines) is 1.